The van der Waals surface area contributed by atoms with Crippen molar-refractivity contribution in [2.24, 2.45) is 11.8 Å². The number of benzene rings is 1. The van der Waals surface area contributed by atoms with E-state index in [1.807, 2.05) is 0 Å². The molecule has 2 rings (SSSR count). The van der Waals surface area contributed by atoms with Gasteiger partial charge in [-0.25, -0.2) is 4.39 Å². The van der Waals surface area contributed by atoms with Crippen LogP contribution in [-0.2, 0) is 4.79 Å². The zero-order valence-corrected chi connectivity index (χ0v) is 12.1. The molecule has 1 amide bonds. The van der Waals surface area contributed by atoms with E-state index in [0.717, 1.165) is 24.8 Å². The minimum atomic E-state index is -0.810. The van der Waals surface area contributed by atoms with Crippen LogP contribution in [0, 0.1) is 24.6 Å². The van der Waals surface area contributed by atoms with E-state index in [0.29, 0.717) is 6.42 Å². The van der Waals surface area contributed by atoms with Crippen LogP contribution in [0.3, 0.4) is 0 Å². The third-order valence-electron chi connectivity index (χ3n) is 4.12. The Morgan fingerprint density at radius 1 is 1.33 bits per heavy atom. The maximum Gasteiger partial charge on any atom is 0.306 e. The fourth-order valence-electron chi connectivity index (χ4n) is 2.91. The van der Waals surface area contributed by atoms with Crippen LogP contribution in [0.15, 0.2) is 18.2 Å². The van der Waals surface area contributed by atoms with Gasteiger partial charge in [0.1, 0.15) is 5.82 Å². The highest BCUT2D eigenvalue weighted by molar-refractivity contribution is 5.94. The first-order chi connectivity index (χ1) is 9.99. The summed E-state index contributed by atoms with van der Waals surface area (Å²) in [5.74, 6) is -2.34. The van der Waals surface area contributed by atoms with Gasteiger partial charge in [-0.2, -0.15) is 0 Å². The Labute approximate surface area is 123 Å². The molecule has 1 aromatic carbocycles. The van der Waals surface area contributed by atoms with Crippen molar-refractivity contribution < 1.29 is 19.1 Å². The summed E-state index contributed by atoms with van der Waals surface area (Å²) in [5, 5.41) is 11.9. The lowest BCUT2D eigenvalue weighted by Crippen LogP contribution is -2.37. The lowest BCUT2D eigenvalue weighted by atomic mass is 9.79. The zero-order valence-electron chi connectivity index (χ0n) is 12.1. The minimum absolute atomic E-state index is 0.0117. The average Bonchev–Trinajstić information content (AvgIpc) is 2.47. The summed E-state index contributed by atoms with van der Waals surface area (Å²) < 4.78 is 13.6. The normalized spacial score (nSPS) is 21.8. The molecule has 5 heteroatoms. The van der Waals surface area contributed by atoms with Crippen molar-refractivity contribution >= 4 is 11.9 Å². The Balaban J connectivity index is 1.99. The first-order valence-corrected chi connectivity index (χ1v) is 7.26. The molecule has 0 aliphatic heterocycles. The van der Waals surface area contributed by atoms with Crippen molar-refractivity contribution in [1.29, 1.82) is 0 Å². The molecule has 2 unspecified atom stereocenters. The standard InChI is InChI=1S/C16H20FNO3/c1-10-6-7-14(17)13(8-10)15(19)18-9-11-4-2-3-5-12(11)16(20)21/h6-8,11-12H,2-5,9H2,1H3,(H,18,19)(H,20,21). The smallest absolute Gasteiger partial charge is 0.306 e. The predicted molar refractivity (Wildman–Crippen MR) is 76.6 cm³/mol. The summed E-state index contributed by atoms with van der Waals surface area (Å²) in [5.41, 5.74) is 0.820. The van der Waals surface area contributed by atoms with Crippen LogP contribution in [0.4, 0.5) is 4.39 Å². The Morgan fingerprint density at radius 2 is 2.05 bits per heavy atom. The number of carbonyl (C=O) groups is 2. The van der Waals surface area contributed by atoms with E-state index in [4.69, 9.17) is 0 Å². The van der Waals surface area contributed by atoms with E-state index in [1.165, 1.54) is 12.1 Å². The Bertz CT molecular complexity index is 544. The van der Waals surface area contributed by atoms with Gasteiger partial charge in [0, 0.05) is 6.54 Å². The molecule has 2 atom stereocenters. The van der Waals surface area contributed by atoms with Gasteiger partial charge in [0.2, 0.25) is 0 Å². The van der Waals surface area contributed by atoms with E-state index >= 15 is 0 Å². The zero-order chi connectivity index (χ0) is 15.4. The largest absolute Gasteiger partial charge is 0.481 e. The summed E-state index contributed by atoms with van der Waals surface area (Å²) in [7, 11) is 0. The van der Waals surface area contributed by atoms with E-state index in [1.54, 1.807) is 13.0 Å². The SMILES string of the molecule is Cc1ccc(F)c(C(=O)NCC2CCCCC2C(=O)O)c1. The predicted octanol–water partition coefficient (Wildman–Crippen LogP) is 2.75. The molecule has 114 valence electrons. The Morgan fingerprint density at radius 3 is 2.76 bits per heavy atom. The van der Waals surface area contributed by atoms with Crippen LogP contribution in [0.2, 0.25) is 0 Å². The number of nitrogens with one attached hydrogen (secondary N) is 1. The quantitative estimate of drug-likeness (QED) is 0.897. The number of halogens is 1. The molecule has 1 fully saturated rings. The van der Waals surface area contributed by atoms with Crippen LogP contribution in [0.25, 0.3) is 0 Å². The Kier molecular flexibility index (Phi) is 4.94. The van der Waals surface area contributed by atoms with Gasteiger partial charge in [0.05, 0.1) is 11.5 Å². The third-order valence-corrected chi connectivity index (χ3v) is 4.12. The number of aryl methyl sites for hydroxylation is 1. The van der Waals surface area contributed by atoms with Crippen molar-refractivity contribution in [2.45, 2.75) is 32.6 Å². The molecule has 0 heterocycles. The molecule has 21 heavy (non-hydrogen) atoms. The molecule has 0 bridgehead atoms. The topological polar surface area (TPSA) is 66.4 Å². The molecule has 0 saturated heterocycles. The van der Waals surface area contributed by atoms with Crippen molar-refractivity contribution in [1.82, 2.24) is 5.32 Å². The highest BCUT2D eigenvalue weighted by atomic mass is 19.1. The van der Waals surface area contributed by atoms with Gasteiger partial charge in [0.25, 0.3) is 5.91 Å². The fraction of sp³-hybridized carbons (Fsp3) is 0.500. The first kappa shape index (κ1) is 15.5. The highest BCUT2D eigenvalue weighted by Gasteiger charge is 2.31. The van der Waals surface area contributed by atoms with Gasteiger partial charge < -0.3 is 10.4 Å². The summed E-state index contributed by atoms with van der Waals surface area (Å²) in [4.78, 5) is 23.2. The monoisotopic (exact) mass is 293 g/mol. The highest BCUT2D eigenvalue weighted by Crippen LogP contribution is 2.29. The number of carboxylic acid groups (broad SMARTS) is 1. The van der Waals surface area contributed by atoms with Crippen LogP contribution in [0.5, 0.6) is 0 Å². The number of carbonyl (C=O) groups excluding carboxylic acids is 1. The summed E-state index contributed by atoms with van der Waals surface area (Å²) in [6, 6.07) is 4.37. The van der Waals surface area contributed by atoms with Crippen LogP contribution >= 0.6 is 0 Å². The van der Waals surface area contributed by atoms with Gasteiger partial charge in [-0.1, -0.05) is 24.5 Å². The molecular formula is C16H20FNO3. The Hall–Kier alpha value is -1.91. The second kappa shape index (κ2) is 6.70. The second-order valence-corrected chi connectivity index (χ2v) is 5.68. The number of carboxylic acids is 1. The lowest BCUT2D eigenvalue weighted by Gasteiger charge is -2.28. The number of rotatable bonds is 4. The van der Waals surface area contributed by atoms with Crippen LogP contribution < -0.4 is 5.32 Å². The minimum Gasteiger partial charge on any atom is -0.481 e. The van der Waals surface area contributed by atoms with Crippen LogP contribution in [0.1, 0.15) is 41.6 Å². The van der Waals surface area contributed by atoms with Crippen molar-refractivity contribution in [3.05, 3.63) is 35.1 Å². The summed E-state index contributed by atoms with van der Waals surface area (Å²) in [6.45, 7) is 2.07. The molecule has 1 saturated carbocycles. The summed E-state index contributed by atoms with van der Waals surface area (Å²) in [6.07, 6.45) is 3.32. The second-order valence-electron chi connectivity index (χ2n) is 5.68. The molecule has 1 aliphatic rings. The van der Waals surface area contributed by atoms with E-state index in [2.05, 4.69) is 5.32 Å². The molecule has 4 nitrogen and oxygen atoms in total. The van der Waals surface area contributed by atoms with Gasteiger partial charge in [-0.05, 0) is 37.8 Å². The van der Waals surface area contributed by atoms with Crippen molar-refractivity contribution in [3.8, 4) is 0 Å². The maximum absolute atomic E-state index is 13.6. The summed E-state index contributed by atoms with van der Waals surface area (Å²) >= 11 is 0. The molecular weight excluding hydrogens is 273 g/mol. The number of hydrogen-bond donors (Lipinski definition) is 2. The molecule has 1 aromatic rings. The van der Waals surface area contributed by atoms with Crippen molar-refractivity contribution in [2.75, 3.05) is 6.54 Å². The third kappa shape index (κ3) is 3.80. The molecule has 2 N–H and O–H groups in total. The van der Waals surface area contributed by atoms with Gasteiger partial charge in [-0.3, -0.25) is 9.59 Å². The van der Waals surface area contributed by atoms with E-state index in [-0.39, 0.29) is 18.0 Å². The van der Waals surface area contributed by atoms with Gasteiger partial charge in [-0.15, -0.1) is 0 Å². The van der Waals surface area contributed by atoms with Gasteiger partial charge >= 0.3 is 5.97 Å². The molecule has 1 aliphatic carbocycles. The van der Waals surface area contributed by atoms with Crippen LogP contribution in [-0.4, -0.2) is 23.5 Å². The average molecular weight is 293 g/mol. The first-order valence-electron chi connectivity index (χ1n) is 7.26. The van der Waals surface area contributed by atoms with Crippen molar-refractivity contribution in [3.63, 3.8) is 0 Å². The lowest BCUT2D eigenvalue weighted by molar-refractivity contribution is -0.144. The van der Waals surface area contributed by atoms with Gasteiger partial charge in [0.15, 0.2) is 0 Å². The molecule has 0 radical (unpaired) electrons. The maximum atomic E-state index is 13.6. The molecule has 0 spiro atoms. The fourth-order valence-corrected chi connectivity index (χ4v) is 2.91. The number of amides is 1. The van der Waals surface area contributed by atoms with E-state index < -0.39 is 23.6 Å². The van der Waals surface area contributed by atoms with E-state index in [9.17, 15) is 19.1 Å². The number of aliphatic carboxylic acids is 1. The molecule has 0 aromatic heterocycles. The number of hydrogen-bond acceptors (Lipinski definition) is 2.